The van der Waals surface area contributed by atoms with Gasteiger partial charge in [-0.1, -0.05) is 0 Å². The molecule has 0 aliphatic carbocycles. The van der Waals surface area contributed by atoms with Gasteiger partial charge in [-0.15, -0.1) is 0 Å². The monoisotopic (exact) mass is 241 g/mol. The van der Waals surface area contributed by atoms with Crippen molar-refractivity contribution >= 4 is 17.2 Å². The Morgan fingerprint density at radius 2 is 1.94 bits per heavy atom. The Kier molecular flexibility index (Phi) is 2.49. The predicted octanol–water partition coefficient (Wildman–Crippen LogP) is 2.36. The molecule has 1 N–H and O–H groups in total. The molecule has 0 radical (unpaired) electrons. The fraction of sp³-hybridized carbons (Fsp3) is 0.0909. The van der Waals surface area contributed by atoms with Crippen LogP contribution in [0, 0.1) is 0 Å². The van der Waals surface area contributed by atoms with Gasteiger partial charge in [-0.25, -0.2) is 0 Å². The number of rotatable bonds is 1. The van der Waals surface area contributed by atoms with Crippen LogP contribution in [0.5, 0.6) is 0 Å². The van der Waals surface area contributed by atoms with Crippen molar-refractivity contribution in [2.45, 2.75) is 6.18 Å². The maximum atomic E-state index is 12.4. The summed E-state index contributed by atoms with van der Waals surface area (Å²) in [6, 6.07) is 2.71. The molecular weight excluding hydrogens is 235 g/mol. The Morgan fingerprint density at radius 1 is 1.24 bits per heavy atom. The zero-order valence-electron chi connectivity index (χ0n) is 8.34. The van der Waals surface area contributed by atoms with Crippen LogP contribution in [0.3, 0.4) is 0 Å². The highest BCUT2D eigenvalue weighted by atomic mass is 19.4. The van der Waals surface area contributed by atoms with Crippen LogP contribution in [0.4, 0.5) is 13.2 Å². The van der Waals surface area contributed by atoms with E-state index in [2.05, 4.69) is 4.98 Å². The molecule has 0 unspecified atom stereocenters. The average Bonchev–Trinajstić information content (AvgIpc) is 2.28. The van der Waals surface area contributed by atoms with Gasteiger partial charge in [0.2, 0.25) is 0 Å². The molecule has 0 saturated heterocycles. The predicted molar refractivity (Wildman–Crippen MR) is 55.0 cm³/mol. The van der Waals surface area contributed by atoms with Crippen molar-refractivity contribution in [3.63, 3.8) is 0 Å². The number of benzene rings is 1. The lowest BCUT2D eigenvalue weighted by molar-refractivity contribution is -0.137. The zero-order valence-corrected chi connectivity index (χ0v) is 8.34. The zero-order chi connectivity index (χ0) is 12.6. The van der Waals surface area contributed by atoms with Gasteiger partial charge in [0.05, 0.1) is 11.1 Å². The summed E-state index contributed by atoms with van der Waals surface area (Å²) < 4.78 is 37.2. The molecule has 0 bridgehead atoms. The number of hydrogen-bond donors (Lipinski definition) is 1. The smallest absolute Gasteiger partial charge is 0.360 e. The van der Waals surface area contributed by atoms with Crippen LogP contribution in [-0.4, -0.2) is 11.3 Å². The van der Waals surface area contributed by atoms with Gasteiger partial charge in [0.15, 0.2) is 11.7 Å². The number of aldehydes is 1. The van der Waals surface area contributed by atoms with Crippen molar-refractivity contribution in [1.82, 2.24) is 4.98 Å². The molecule has 2 rings (SSSR count). The van der Waals surface area contributed by atoms with E-state index >= 15 is 0 Å². The van der Waals surface area contributed by atoms with Gasteiger partial charge >= 0.3 is 6.18 Å². The summed E-state index contributed by atoms with van der Waals surface area (Å²) in [4.78, 5) is 24.6. The standard InChI is InChI=1S/C11H6F3NO2/c12-11(13,14)7-1-2-8-9(3-7)15-4-6(5-16)10(8)17/h1-5H,(H,15,17). The van der Waals surface area contributed by atoms with Gasteiger partial charge in [-0.2, -0.15) is 13.2 Å². The minimum atomic E-state index is -4.46. The number of aromatic nitrogens is 1. The van der Waals surface area contributed by atoms with Crippen LogP contribution in [0.15, 0.2) is 29.2 Å². The molecule has 1 aromatic heterocycles. The highest BCUT2D eigenvalue weighted by molar-refractivity contribution is 5.85. The molecule has 0 atom stereocenters. The summed E-state index contributed by atoms with van der Waals surface area (Å²) in [7, 11) is 0. The molecule has 2 aromatic rings. The van der Waals surface area contributed by atoms with E-state index in [4.69, 9.17) is 0 Å². The normalized spacial score (nSPS) is 11.7. The maximum Gasteiger partial charge on any atom is 0.416 e. The van der Waals surface area contributed by atoms with Crippen molar-refractivity contribution in [2.24, 2.45) is 0 Å². The van der Waals surface area contributed by atoms with Crippen LogP contribution >= 0.6 is 0 Å². The number of carbonyl (C=O) groups is 1. The number of H-pyrrole nitrogens is 1. The van der Waals surface area contributed by atoms with E-state index in [1.165, 1.54) is 0 Å². The number of fused-ring (bicyclic) bond motifs is 1. The second kappa shape index (κ2) is 3.73. The summed E-state index contributed by atoms with van der Waals surface area (Å²) in [6.45, 7) is 0. The SMILES string of the molecule is O=Cc1c[nH]c2cc(C(F)(F)F)ccc2c1=O. The summed E-state index contributed by atoms with van der Waals surface area (Å²) in [5.74, 6) is 0. The molecule has 88 valence electrons. The van der Waals surface area contributed by atoms with E-state index in [0.29, 0.717) is 6.29 Å². The third-order valence-electron chi connectivity index (χ3n) is 2.36. The maximum absolute atomic E-state index is 12.4. The van der Waals surface area contributed by atoms with Crippen LogP contribution in [0.2, 0.25) is 0 Å². The first kappa shape index (κ1) is 11.4. The molecule has 1 heterocycles. The first-order valence-electron chi connectivity index (χ1n) is 4.61. The molecule has 0 aliphatic rings. The van der Waals surface area contributed by atoms with Crippen molar-refractivity contribution < 1.29 is 18.0 Å². The molecule has 0 spiro atoms. The first-order valence-corrected chi connectivity index (χ1v) is 4.61. The average molecular weight is 241 g/mol. The summed E-state index contributed by atoms with van der Waals surface area (Å²) in [6.07, 6.45) is -3.01. The Labute approximate surface area is 92.9 Å². The number of carbonyl (C=O) groups excluding carboxylic acids is 1. The lowest BCUT2D eigenvalue weighted by atomic mass is 10.1. The quantitative estimate of drug-likeness (QED) is 0.779. The fourth-order valence-electron chi connectivity index (χ4n) is 1.50. The topological polar surface area (TPSA) is 49.9 Å². The van der Waals surface area contributed by atoms with Gasteiger partial charge in [-0.3, -0.25) is 9.59 Å². The summed E-state index contributed by atoms with van der Waals surface area (Å²) >= 11 is 0. The molecule has 1 aromatic carbocycles. The van der Waals surface area contributed by atoms with Gasteiger partial charge in [-0.05, 0) is 18.2 Å². The van der Waals surface area contributed by atoms with Crippen LogP contribution < -0.4 is 5.43 Å². The van der Waals surface area contributed by atoms with E-state index in [1.807, 2.05) is 0 Å². The van der Waals surface area contributed by atoms with Gasteiger partial charge < -0.3 is 4.98 Å². The number of pyridine rings is 1. The highest BCUT2D eigenvalue weighted by Crippen LogP contribution is 2.30. The third kappa shape index (κ3) is 1.93. The third-order valence-corrected chi connectivity index (χ3v) is 2.36. The van der Waals surface area contributed by atoms with E-state index < -0.39 is 17.2 Å². The molecule has 0 fully saturated rings. The molecule has 17 heavy (non-hydrogen) atoms. The Bertz CT molecular complexity index is 643. The minimum absolute atomic E-state index is 0.0513. The molecule has 0 saturated carbocycles. The van der Waals surface area contributed by atoms with Gasteiger partial charge in [0, 0.05) is 17.1 Å². The van der Waals surface area contributed by atoms with E-state index in [1.54, 1.807) is 0 Å². The number of hydrogen-bond acceptors (Lipinski definition) is 2. The lowest BCUT2D eigenvalue weighted by Gasteiger charge is -2.07. The molecule has 0 amide bonds. The van der Waals surface area contributed by atoms with Crippen molar-refractivity contribution in [3.05, 3.63) is 45.7 Å². The largest absolute Gasteiger partial charge is 0.416 e. The highest BCUT2D eigenvalue weighted by Gasteiger charge is 2.30. The van der Waals surface area contributed by atoms with Crippen molar-refractivity contribution in [1.29, 1.82) is 0 Å². The Balaban J connectivity index is 2.74. The minimum Gasteiger partial charge on any atom is -0.360 e. The lowest BCUT2D eigenvalue weighted by Crippen LogP contribution is -2.11. The molecule has 6 heteroatoms. The Morgan fingerprint density at radius 3 is 2.53 bits per heavy atom. The fourth-order valence-corrected chi connectivity index (χ4v) is 1.50. The number of nitrogens with one attached hydrogen (secondary N) is 1. The van der Waals surface area contributed by atoms with E-state index in [9.17, 15) is 22.8 Å². The number of aromatic amines is 1. The number of halogens is 3. The second-order valence-corrected chi connectivity index (χ2v) is 3.45. The van der Waals surface area contributed by atoms with Crippen LogP contribution in [0.25, 0.3) is 10.9 Å². The van der Waals surface area contributed by atoms with E-state index in [0.717, 1.165) is 24.4 Å². The molecule has 3 nitrogen and oxygen atoms in total. The second-order valence-electron chi connectivity index (χ2n) is 3.45. The van der Waals surface area contributed by atoms with Gasteiger partial charge in [0.1, 0.15) is 0 Å². The first-order chi connectivity index (χ1) is 7.93. The van der Waals surface area contributed by atoms with Gasteiger partial charge in [0.25, 0.3) is 0 Å². The molecule has 0 aliphatic heterocycles. The van der Waals surface area contributed by atoms with Crippen LogP contribution in [-0.2, 0) is 6.18 Å². The van der Waals surface area contributed by atoms with Crippen molar-refractivity contribution in [2.75, 3.05) is 0 Å². The Hall–Kier alpha value is -2.11. The number of alkyl halides is 3. The summed E-state index contributed by atoms with van der Waals surface area (Å²) in [5, 5.41) is 0.0580. The summed E-state index contributed by atoms with van der Waals surface area (Å²) in [5.41, 5.74) is -1.49. The van der Waals surface area contributed by atoms with Crippen LogP contribution in [0.1, 0.15) is 15.9 Å². The molecular formula is C11H6F3NO2. The van der Waals surface area contributed by atoms with Crippen molar-refractivity contribution in [3.8, 4) is 0 Å². The van der Waals surface area contributed by atoms with E-state index in [-0.39, 0.29) is 16.5 Å².